The summed E-state index contributed by atoms with van der Waals surface area (Å²) in [5.74, 6) is -2.51. The maximum Gasteiger partial charge on any atom is 0.328 e. The highest BCUT2D eigenvalue weighted by Gasteiger charge is 2.32. The number of carbonyl (C=O) groups is 2. The standard InChI is InChI=1S/C23H27N3S2.C4H4O4/c1-3-13-24-23(27)17-11-12-21-19(16-17)26(18-9-5-6-10-20(18)28-21)22(4-2)25-14-7-8-15-25;5-3(6)1-2-4(7)8/h5-12,16,22H,3-4,13-15H2,1-2H3,(H,24,27);1-2H,(H,5,6)(H,7,8). The van der Waals surface area contributed by atoms with Crippen LogP contribution < -0.4 is 10.2 Å². The first kappa shape index (κ1) is 27.4. The van der Waals surface area contributed by atoms with Gasteiger partial charge in [-0.15, -0.1) is 0 Å². The second-order valence-corrected chi connectivity index (χ2v) is 9.69. The molecule has 0 radical (unpaired) electrons. The number of nitrogens with one attached hydrogen (secondary N) is 1. The van der Waals surface area contributed by atoms with Crippen LogP contribution in [0.4, 0.5) is 11.4 Å². The lowest BCUT2D eigenvalue weighted by Gasteiger charge is -2.42. The molecule has 36 heavy (non-hydrogen) atoms. The van der Waals surface area contributed by atoms with Crippen molar-refractivity contribution in [1.29, 1.82) is 0 Å². The summed E-state index contributed by atoms with van der Waals surface area (Å²) >= 11 is 7.51. The molecule has 190 valence electrons. The lowest BCUT2D eigenvalue weighted by molar-refractivity contribution is -0.134. The van der Waals surface area contributed by atoms with Crippen LogP contribution in [0, 0.1) is 0 Å². The number of rotatable bonds is 8. The van der Waals surface area contributed by atoms with Crippen molar-refractivity contribution in [2.24, 2.45) is 0 Å². The Kier molecular flexibility index (Phi) is 10.1. The Labute approximate surface area is 221 Å². The van der Waals surface area contributed by atoms with Crippen molar-refractivity contribution in [3.8, 4) is 0 Å². The van der Waals surface area contributed by atoms with Gasteiger partial charge in [-0.2, -0.15) is 0 Å². The first-order valence-corrected chi connectivity index (χ1v) is 13.1. The van der Waals surface area contributed by atoms with Crippen molar-refractivity contribution < 1.29 is 19.8 Å². The summed E-state index contributed by atoms with van der Waals surface area (Å²) in [6.45, 7) is 7.37. The summed E-state index contributed by atoms with van der Waals surface area (Å²) in [6, 6.07) is 15.4. The summed E-state index contributed by atoms with van der Waals surface area (Å²) in [7, 11) is 0. The van der Waals surface area contributed by atoms with E-state index < -0.39 is 11.9 Å². The van der Waals surface area contributed by atoms with E-state index in [4.69, 9.17) is 22.4 Å². The second kappa shape index (κ2) is 13.2. The number of aliphatic carboxylic acids is 2. The highest BCUT2D eigenvalue weighted by atomic mass is 32.2. The molecule has 0 bridgehead atoms. The summed E-state index contributed by atoms with van der Waals surface area (Å²) in [4.78, 5) is 27.6. The number of nitrogens with zero attached hydrogens (tertiary/aromatic N) is 2. The summed E-state index contributed by atoms with van der Waals surface area (Å²) in [5, 5.41) is 19.0. The molecule has 0 saturated carbocycles. The minimum Gasteiger partial charge on any atom is -0.478 e. The fourth-order valence-electron chi connectivity index (χ4n) is 4.07. The van der Waals surface area contributed by atoms with Gasteiger partial charge in [-0.3, -0.25) is 4.90 Å². The van der Waals surface area contributed by atoms with E-state index >= 15 is 0 Å². The van der Waals surface area contributed by atoms with Crippen molar-refractivity contribution in [2.45, 2.75) is 42.6 Å². The van der Waals surface area contributed by atoms with E-state index in [1.807, 2.05) is 11.8 Å². The molecule has 2 heterocycles. The summed E-state index contributed by atoms with van der Waals surface area (Å²) in [5.41, 5.74) is 3.66. The Morgan fingerprint density at radius 3 is 2.28 bits per heavy atom. The molecule has 0 spiro atoms. The van der Waals surface area contributed by atoms with Gasteiger partial charge in [0, 0.05) is 47.1 Å². The van der Waals surface area contributed by atoms with Gasteiger partial charge < -0.3 is 20.4 Å². The molecule has 3 N–H and O–H groups in total. The number of hydrogen-bond acceptors (Lipinski definition) is 6. The normalized spacial score (nSPS) is 15.0. The summed E-state index contributed by atoms with van der Waals surface area (Å²) in [6.07, 6.45) is 8.11. The number of para-hydroxylation sites is 1. The van der Waals surface area contributed by atoms with Crippen LogP contribution in [-0.2, 0) is 9.59 Å². The van der Waals surface area contributed by atoms with Crippen LogP contribution in [0.25, 0.3) is 0 Å². The topological polar surface area (TPSA) is 93.1 Å². The van der Waals surface area contributed by atoms with Gasteiger partial charge in [0.1, 0.15) is 4.99 Å². The maximum atomic E-state index is 9.55. The Morgan fingerprint density at radius 2 is 1.67 bits per heavy atom. The quantitative estimate of drug-likeness (QED) is 0.242. The average Bonchev–Trinajstić information content (AvgIpc) is 3.41. The van der Waals surface area contributed by atoms with Gasteiger partial charge in [0.2, 0.25) is 0 Å². The smallest absolute Gasteiger partial charge is 0.328 e. The predicted molar refractivity (Wildman–Crippen MR) is 148 cm³/mol. The first-order valence-electron chi connectivity index (χ1n) is 11.9. The van der Waals surface area contributed by atoms with E-state index in [1.54, 1.807) is 0 Å². The van der Waals surface area contributed by atoms with E-state index in [9.17, 15) is 9.59 Å². The third-order valence-corrected chi connectivity index (χ3v) is 7.17. The lowest BCUT2D eigenvalue weighted by atomic mass is 10.1. The fraction of sp³-hybridized carbons (Fsp3) is 0.296. The first-order chi connectivity index (χ1) is 17.3. The third-order valence-electron chi connectivity index (χ3n) is 5.66. The average molecular weight is 526 g/mol. The molecule has 0 amide bonds. The second-order valence-electron chi connectivity index (χ2n) is 8.20. The van der Waals surface area contributed by atoms with Gasteiger partial charge in [-0.1, -0.05) is 68.2 Å². The predicted octanol–water partition coefficient (Wildman–Crippen LogP) is 5.28. The molecule has 2 aliphatic rings. The van der Waals surface area contributed by atoms with Gasteiger partial charge >= 0.3 is 11.9 Å². The van der Waals surface area contributed by atoms with Crippen LogP contribution in [0.3, 0.4) is 0 Å². The molecule has 0 fully saturated rings. The number of anilines is 2. The number of carboxylic acids is 2. The Balaban J connectivity index is 0.000000392. The van der Waals surface area contributed by atoms with Crippen LogP contribution in [0.1, 0.15) is 32.3 Å². The zero-order valence-electron chi connectivity index (χ0n) is 20.4. The summed E-state index contributed by atoms with van der Waals surface area (Å²) < 4.78 is 0. The number of benzene rings is 2. The molecule has 2 aromatic carbocycles. The monoisotopic (exact) mass is 525 g/mol. The number of fused-ring (bicyclic) bond motifs is 2. The van der Waals surface area contributed by atoms with Gasteiger partial charge in [0.05, 0.1) is 17.5 Å². The maximum absolute atomic E-state index is 9.55. The molecule has 1 unspecified atom stereocenters. The minimum absolute atomic E-state index is 0.322. The van der Waals surface area contributed by atoms with Crippen molar-refractivity contribution in [3.05, 3.63) is 72.3 Å². The zero-order chi connectivity index (χ0) is 26.1. The zero-order valence-corrected chi connectivity index (χ0v) is 22.0. The van der Waals surface area contributed by atoms with E-state index in [1.165, 1.54) is 21.2 Å². The van der Waals surface area contributed by atoms with Crippen molar-refractivity contribution in [2.75, 3.05) is 24.5 Å². The Morgan fingerprint density at radius 1 is 1.03 bits per heavy atom. The van der Waals surface area contributed by atoms with Crippen LogP contribution in [-0.4, -0.2) is 57.8 Å². The number of thiocarbonyl (C=S) groups is 1. The van der Waals surface area contributed by atoms with Crippen LogP contribution in [0.5, 0.6) is 0 Å². The molecular formula is C27H31N3O4S2. The van der Waals surface area contributed by atoms with E-state index in [0.29, 0.717) is 18.3 Å². The largest absolute Gasteiger partial charge is 0.478 e. The molecule has 1 atom stereocenters. The third kappa shape index (κ3) is 6.96. The van der Waals surface area contributed by atoms with Gasteiger partial charge in [-0.05, 0) is 37.1 Å². The SMILES string of the molecule is CCCNC(=S)c1ccc2c(c1)N(C(CC)N1CC=CC1)c1ccccc1S2.O=C(O)C=CC(=O)O. The molecule has 7 nitrogen and oxygen atoms in total. The molecular weight excluding hydrogens is 494 g/mol. The number of carboxylic acid groups (broad SMARTS) is 2. The van der Waals surface area contributed by atoms with E-state index in [2.05, 4.69) is 83.6 Å². The highest BCUT2D eigenvalue weighted by Crippen LogP contribution is 2.50. The number of hydrogen-bond donors (Lipinski definition) is 3. The van der Waals surface area contributed by atoms with E-state index in [0.717, 1.165) is 43.0 Å². The lowest BCUT2D eigenvalue weighted by Crippen LogP contribution is -2.46. The highest BCUT2D eigenvalue weighted by molar-refractivity contribution is 7.99. The van der Waals surface area contributed by atoms with Crippen LogP contribution in [0.15, 0.2) is 76.6 Å². The molecule has 0 aliphatic carbocycles. The van der Waals surface area contributed by atoms with E-state index in [-0.39, 0.29) is 0 Å². The van der Waals surface area contributed by atoms with Gasteiger partial charge in [0.15, 0.2) is 0 Å². The Bertz CT molecular complexity index is 1140. The molecule has 4 rings (SSSR count). The molecule has 0 aromatic heterocycles. The molecule has 0 saturated heterocycles. The van der Waals surface area contributed by atoms with Crippen molar-refractivity contribution in [1.82, 2.24) is 10.2 Å². The van der Waals surface area contributed by atoms with Gasteiger partial charge in [0.25, 0.3) is 0 Å². The molecule has 2 aliphatic heterocycles. The van der Waals surface area contributed by atoms with Gasteiger partial charge in [-0.25, -0.2) is 9.59 Å². The minimum atomic E-state index is -1.26. The Hall–Kier alpha value is -3.14. The van der Waals surface area contributed by atoms with Crippen molar-refractivity contribution in [3.63, 3.8) is 0 Å². The molecule has 9 heteroatoms. The molecule has 2 aromatic rings. The van der Waals surface area contributed by atoms with Crippen LogP contribution in [0.2, 0.25) is 0 Å². The van der Waals surface area contributed by atoms with Crippen LogP contribution >= 0.6 is 24.0 Å². The fourth-order valence-corrected chi connectivity index (χ4v) is 5.35. The van der Waals surface area contributed by atoms with Crippen molar-refractivity contribution >= 4 is 52.3 Å².